The Balaban J connectivity index is 1.96. The molecule has 1 aromatic heterocycles. The number of nitro groups is 1. The molecular weight excluding hydrogens is 369 g/mol. The van der Waals surface area contributed by atoms with Crippen molar-refractivity contribution >= 4 is 44.9 Å². The maximum absolute atomic E-state index is 10.8. The molecule has 0 aliphatic heterocycles. The number of rotatable bonds is 3. The second kappa shape index (κ2) is 5.12. The van der Waals surface area contributed by atoms with Crippen LogP contribution in [0.5, 0.6) is 0 Å². The molecule has 100 valence electrons. The quantitative estimate of drug-likeness (QED) is 0.425. The summed E-state index contributed by atoms with van der Waals surface area (Å²) < 4.78 is 3.02. The van der Waals surface area contributed by atoms with Crippen LogP contribution in [0.3, 0.4) is 0 Å². The van der Waals surface area contributed by atoms with Crippen LogP contribution in [0, 0.1) is 13.7 Å². The highest BCUT2D eigenvalue weighted by molar-refractivity contribution is 14.1. The van der Waals surface area contributed by atoms with Crippen molar-refractivity contribution in [1.29, 1.82) is 0 Å². The normalized spacial score (nSPS) is 10.7. The van der Waals surface area contributed by atoms with Gasteiger partial charge >= 0.3 is 0 Å². The van der Waals surface area contributed by atoms with E-state index < -0.39 is 0 Å². The van der Waals surface area contributed by atoms with Gasteiger partial charge in [0.05, 0.1) is 16.1 Å². The molecular formula is C14H10IN3O2. The molecule has 0 amide bonds. The fraction of sp³-hybridized carbons (Fsp3) is 0. The van der Waals surface area contributed by atoms with Crippen molar-refractivity contribution in [3.05, 3.63) is 68.4 Å². The zero-order valence-corrected chi connectivity index (χ0v) is 12.4. The minimum atomic E-state index is -0.386. The number of aromatic nitrogens is 1. The van der Waals surface area contributed by atoms with E-state index in [9.17, 15) is 10.1 Å². The Kier molecular flexibility index (Phi) is 3.31. The van der Waals surface area contributed by atoms with Crippen LogP contribution in [-0.2, 0) is 0 Å². The summed E-state index contributed by atoms with van der Waals surface area (Å²) >= 11 is 2.25. The van der Waals surface area contributed by atoms with E-state index in [1.165, 1.54) is 9.64 Å². The Hall–Kier alpha value is -2.09. The number of benzene rings is 2. The summed E-state index contributed by atoms with van der Waals surface area (Å²) in [4.78, 5) is 10.4. The highest BCUT2D eigenvalue weighted by Crippen LogP contribution is 2.22. The zero-order valence-electron chi connectivity index (χ0n) is 10.3. The van der Waals surface area contributed by atoms with Gasteiger partial charge in [0, 0.05) is 27.3 Å². The summed E-state index contributed by atoms with van der Waals surface area (Å²) in [6, 6.07) is 14.7. The van der Waals surface area contributed by atoms with E-state index >= 15 is 0 Å². The lowest BCUT2D eigenvalue weighted by atomic mass is 10.2. The van der Waals surface area contributed by atoms with Crippen molar-refractivity contribution < 1.29 is 4.92 Å². The molecule has 1 heterocycles. The summed E-state index contributed by atoms with van der Waals surface area (Å²) in [7, 11) is 0. The van der Waals surface area contributed by atoms with Crippen LogP contribution in [0.15, 0.2) is 54.7 Å². The molecule has 0 aliphatic rings. The van der Waals surface area contributed by atoms with Crippen LogP contribution in [0.25, 0.3) is 10.9 Å². The van der Waals surface area contributed by atoms with Crippen LogP contribution in [0.2, 0.25) is 0 Å². The Bertz CT molecular complexity index is 781. The molecule has 3 rings (SSSR count). The minimum absolute atomic E-state index is 0.101. The molecule has 3 aromatic rings. The number of halogens is 1. The lowest BCUT2D eigenvalue weighted by Gasteiger charge is -2.09. The number of fused-ring (bicyclic) bond motifs is 1. The molecule has 2 aromatic carbocycles. The monoisotopic (exact) mass is 379 g/mol. The van der Waals surface area contributed by atoms with Crippen molar-refractivity contribution in [2.45, 2.75) is 0 Å². The maximum Gasteiger partial charge on any atom is 0.270 e. The van der Waals surface area contributed by atoms with E-state index in [0.29, 0.717) is 0 Å². The van der Waals surface area contributed by atoms with Gasteiger partial charge in [-0.3, -0.25) is 20.2 Å². The van der Waals surface area contributed by atoms with Crippen LogP contribution in [0.4, 0.5) is 11.4 Å². The van der Waals surface area contributed by atoms with E-state index in [0.717, 1.165) is 16.6 Å². The highest BCUT2D eigenvalue weighted by atomic mass is 127. The Morgan fingerprint density at radius 3 is 2.55 bits per heavy atom. The molecule has 0 spiro atoms. The number of non-ortho nitro benzene ring substituents is 1. The van der Waals surface area contributed by atoms with E-state index in [-0.39, 0.29) is 10.6 Å². The second-order valence-corrected chi connectivity index (χ2v) is 5.55. The van der Waals surface area contributed by atoms with Gasteiger partial charge in [0.15, 0.2) is 0 Å². The van der Waals surface area contributed by atoms with E-state index in [1.807, 2.05) is 41.2 Å². The van der Waals surface area contributed by atoms with E-state index in [1.54, 1.807) is 12.1 Å². The van der Waals surface area contributed by atoms with Gasteiger partial charge in [0.2, 0.25) is 0 Å². The Morgan fingerprint density at radius 2 is 1.85 bits per heavy atom. The molecule has 6 heteroatoms. The highest BCUT2D eigenvalue weighted by Gasteiger charge is 2.08. The number of hydrogen-bond donors (Lipinski definition) is 1. The van der Waals surface area contributed by atoms with Gasteiger partial charge in [-0.2, -0.15) is 0 Å². The van der Waals surface area contributed by atoms with Gasteiger partial charge in [-0.15, -0.1) is 0 Å². The zero-order chi connectivity index (χ0) is 14.1. The predicted molar refractivity (Wildman–Crippen MR) is 86.8 cm³/mol. The van der Waals surface area contributed by atoms with E-state index in [4.69, 9.17) is 0 Å². The van der Waals surface area contributed by atoms with Crippen molar-refractivity contribution in [2.75, 3.05) is 5.43 Å². The van der Waals surface area contributed by atoms with Gasteiger partial charge in [-0.05, 0) is 59.0 Å². The third kappa shape index (κ3) is 2.46. The van der Waals surface area contributed by atoms with Gasteiger partial charge < -0.3 is 0 Å². The van der Waals surface area contributed by atoms with Crippen molar-refractivity contribution in [3.8, 4) is 0 Å². The first kappa shape index (κ1) is 12.9. The first-order chi connectivity index (χ1) is 9.63. The molecule has 0 bridgehead atoms. The summed E-state index contributed by atoms with van der Waals surface area (Å²) in [5.41, 5.74) is 5.20. The topological polar surface area (TPSA) is 60.1 Å². The number of anilines is 1. The first-order valence-electron chi connectivity index (χ1n) is 5.91. The minimum Gasteiger partial charge on any atom is -0.294 e. The van der Waals surface area contributed by atoms with Gasteiger partial charge in [0.1, 0.15) is 0 Å². The van der Waals surface area contributed by atoms with Crippen LogP contribution in [0.1, 0.15) is 0 Å². The largest absolute Gasteiger partial charge is 0.294 e. The number of hydrogen-bond acceptors (Lipinski definition) is 3. The molecule has 0 atom stereocenters. The molecule has 5 nitrogen and oxygen atoms in total. The van der Waals surface area contributed by atoms with Crippen molar-refractivity contribution in [1.82, 2.24) is 4.68 Å². The van der Waals surface area contributed by atoms with E-state index in [2.05, 4.69) is 28.0 Å². The number of nitrogens with one attached hydrogen (secondary N) is 1. The lowest BCUT2D eigenvalue weighted by molar-refractivity contribution is -0.384. The third-order valence-corrected chi connectivity index (χ3v) is 3.70. The third-order valence-electron chi connectivity index (χ3n) is 2.98. The van der Waals surface area contributed by atoms with Gasteiger partial charge in [0.25, 0.3) is 5.69 Å². The van der Waals surface area contributed by atoms with Crippen molar-refractivity contribution in [2.24, 2.45) is 0 Å². The second-order valence-electron chi connectivity index (χ2n) is 4.30. The molecule has 20 heavy (non-hydrogen) atoms. The van der Waals surface area contributed by atoms with Crippen molar-refractivity contribution in [3.63, 3.8) is 0 Å². The molecule has 0 saturated carbocycles. The van der Waals surface area contributed by atoms with Gasteiger partial charge in [-0.25, -0.2) is 0 Å². The number of nitro benzene ring substituents is 1. The molecule has 0 radical (unpaired) electrons. The molecule has 0 saturated heterocycles. The lowest BCUT2D eigenvalue weighted by Crippen LogP contribution is -2.06. The molecule has 1 N–H and O–H groups in total. The summed E-state index contributed by atoms with van der Waals surface area (Å²) in [6.07, 6.45) is 1.85. The standard InChI is InChI=1S/C14H10IN3O2/c15-11-1-3-12(4-2-11)16-17-8-7-10-9-13(18(19)20)5-6-14(10)17/h1-9,16H. The van der Waals surface area contributed by atoms with Gasteiger partial charge in [-0.1, -0.05) is 0 Å². The van der Waals surface area contributed by atoms with Crippen LogP contribution in [-0.4, -0.2) is 9.60 Å². The fourth-order valence-corrected chi connectivity index (χ4v) is 2.36. The molecule has 0 unspecified atom stereocenters. The maximum atomic E-state index is 10.8. The predicted octanol–water partition coefficient (Wildman–Crippen LogP) is 4.03. The Morgan fingerprint density at radius 1 is 1.10 bits per heavy atom. The average Bonchev–Trinajstić information content (AvgIpc) is 2.84. The van der Waals surface area contributed by atoms with Crippen LogP contribution >= 0.6 is 22.6 Å². The Labute approximate surface area is 128 Å². The SMILES string of the molecule is O=[N+]([O-])c1ccc2c(ccn2Nc2ccc(I)cc2)c1. The smallest absolute Gasteiger partial charge is 0.270 e. The molecule has 0 fully saturated rings. The fourth-order valence-electron chi connectivity index (χ4n) is 2.00. The van der Waals surface area contributed by atoms with Crippen LogP contribution < -0.4 is 5.43 Å². The summed E-state index contributed by atoms with van der Waals surface area (Å²) in [5, 5.41) is 11.6. The first-order valence-corrected chi connectivity index (χ1v) is 6.99. The number of nitrogens with zero attached hydrogens (tertiary/aromatic N) is 2. The molecule has 0 aliphatic carbocycles. The summed E-state index contributed by atoms with van der Waals surface area (Å²) in [6.45, 7) is 0. The summed E-state index contributed by atoms with van der Waals surface area (Å²) in [5.74, 6) is 0. The average molecular weight is 379 g/mol.